The van der Waals surface area contributed by atoms with Gasteiger partial charge in [-0.05, 0) is 37.8 Å². The van der Waals surface area contributed by atoms with E-state index in [1.54, 1.807) is 7.11 Å². The van der Waals surface area contributed by atoms with Gasteiger partial charge in [0.05, 0.1) is 6.54 Å². The van der Waals surface area contributed by atoms with Gasteiger partial charge in [-0.3, -0.25) is 4.79 Å². The van der Waals surface area contributed by atoms with Crippen molar-refractivity contribution in [3.05, 3.63) is 29.8 Å². The van der Waals surface area contributed by atoms with Crippen molar-refractivity contribution in [2.75, 3.05) is 40.0 Å². The molecule has 0 N–H and O–H groups in total. The van der Waals surface area contributed by atoms with Crippen molar-refractivity contribution in [1.29, 1.82) is 0 Å². The van der Waals surface area contributed by atoms with Gasteiger partial charge in [0, 0.05) is 32.8 Å². The van der Waals surface area contributed by atoms with Crippen LogP contribution in [0, 0.1) is 12.8 Å². The predicted molar refractivity (Wildman–Crippen MR) is 91.2 cm³/mol. The third kappa shape index (κ3) is 3.73. The van der Waals surface area contributed by atoms with E-state index in [4.69, 9.17) is 14.2 Å². The Morgan fingerprint density at radius 1 is 1.33 bits per heavy atom. The highest BCUT2D eigenvalue weighted by atomic mass is 16.5. The molecule has 0 aromatic heterocycles. The van der Waals surface area contributed by atoms with Gasteiger partial charge >= 0.3 is 0 Å². The van der Waals surface area contributed by atoms with E-state index >= 15 is 0 Å². The predicted octanol–water partition coefficient (Wildman–Crippen LogP) is 2.42. The number of para-hydroxylation sites is 1. The Morgan fingerprint density at radius 3 is 2.79 bits per heavy atom. The van der Waals surface area contributed by atoms with Crippen LogP contribution >= 0.6 is 0 Å². The molecule has 1 atom stereocenters. The van der Waals surface area contributed by atoms with Crippen LogP contribution in [-0.4, -0.2) is 56.4 Å². The Hall–Kier alpha value is -1.59. The van der Waals surface area contributed by atoms with Gasteiger partial charge in [0.15, 0.2) is 0 Å². The van der Waals surface area contributed by atoms with Crippen LogP contribution in [-0.2, 0) is 14.3 Å². The van der Waals surface area contributed by atoms with Gasteiger partial charge in [-0.1, -0.05) is 18.2 Å². The molecule has 0 aliphatic carbocycles. The summed E-state index contributed by atoms with van der Waals surface area (Å²) in [5.41, 5.74) is 0.695. The molecular weight excluding hydrogens is 306 g/mol. The summed E-state index contributed by atoms with van der Waals surface area (Å²) in [6.07, 6.45) is 2.47. The van der Waals surface area contributed by atoms with E-state index in [0.29, 0.717) is 26.4 Å². The number of carbonyl (C=O) groups is 1. The van der Waals surface area contributed by atoms with Crippen LogP contribution in [0.2, 0.25) is 0 Å². The summed E-state index contributed by atoms with van der Waals surface area (Å²) in [7, 11) is 1.71. The van der Waals surface area contributed by atoms with Crippen molar-refractivity contribution in [3.63, 3.8) is 0 Å². The smallest absolute Gasteiger partial charge is 0.225 e. The van der Waals surface area contributed by atoms with E-state index in [2.05, 4.69) is 0 Å². The molecule has 0 spiro atoms. The average molecular weight is 333 g/mol. The summed E-state index contributed by atoms with van der Waals surface area (Å²) in [6.45, 7) is 5.22. The first-order valence-corrected chi connectivity index (χ1v) is 8.74. The lowest BCUT2D eigenvalue weighted by atomic mass is 9.98. The maximum atomic E-state index is 12.7. The van der Waals surface area contributed by atoms with Gasteiger partial charge in [0.1, 0.15) is 18.0 Å². The number of rotatable bonds is 5. The van der Waals surface area contributed by atoms with Crippen LogP contribution in [0.15, 0.2) is 24.3 Å². The zero-order valence-corrected chi connectivity index (χ0v) is 14.6. The molecule has 24 heavy (non-hydrogen) atoms. The molecule has 2 saturated heterocycles. The molecule has 132 valence electrons. The van der Waals surface area contributed by atoms with Gasteiger partial charge in [0.25, 0.3) is 0 Å². The van der Waals surface area contributed by atoms with E-state index in [1.807, 2.05) is 36.1 Å². The number of hydrogen-bond acceptors (Lipinski definition) is 4. The molecule has 2 aliphatic heterocycles. The molecule has 2 fully saturated rings. The highest BCUT2D eigenvalue weighted by Crippen LogP contribution is 2.29. The lowest BCUT2D eigenvalue weighted by molar-refractivity contribution is -0.139. The molecule has 0 radical (unpaired) electrons. The molecule has 1 amide bonds. The summed E-state index contributed by atoms with van der Waals surface area (Å²) in [4.78, 5) is 14.7. The summed E-state index contributed by atoms with van der Waals surface area (Å²) >= 11 is 0. The minimum Gasteiger partial charge on any atom is -0.490 e. The zero-order chi connectivity index (χ0) is 17.0. The van der Waals surface area contributed by atoms with E-state index in [-0.39, 0.29) is 11.8 Å². The highest BCUT2D eigenvalue weighted by Gasteiger charge is 2.42. The fourth-order valence-electron chi connectivity index (χ4n) is 3.51. The minimum atomic E-state index is -0.414. The molecule has 1 aromatic rings. The second-order valence-corrected chi connectivity index (χ2v) is 6.84. The van der Waals surface area contributed by atoms with E-state index in [9.17, 15) is 4.79 Å². The van der Waals surface area contributed by atoms with E-state index < -0.39 is 5.60 Å². The molecule has 3 rings (SSSR count). The molecule has 0 bridgehead atoms. The second-order valence-electron chi connectivity index (χ2n) is 6.84. The van der Waals surface area contributed by atoms with Crippen LogP contribution in [0.3, 0.4) is 0 Å². The summed E-state index contributed by atoms with van der Waals surface area (Å²) in [6, 6.07) is 7.97. The Balaban J connectivity index is 1.60. The fourth-order valence-corrected chi connectivity index (χ4v) is 3.51. The number of nitrogens with zero attached hydrogens (tertiary/aromatic N) is 1. The lowest BCUT2D eigenvalue weighted by Gasteiger charge is -2.30. The largest absolute Gasteiger partial charge is 0.490 e. The third-order valence-electron chi connectivity index (χ3n) is 5.22. The zero-order valence-electron chi connectivity index (χ0n) is 14.6. The number of benzene rings is 1. The van der Waals surface area contributed by atoms with Crippen LogP contribution in [0.4, 0.5) is 0 Å². The maximum absolute atomic E-state index is 12.7. The molecule has 0 saturated carbocycles. The molecule has 5 nitrogen and oxygen atoms in total. The van der Waals surface area contributed by atoms with Crippen LogP contribution in [0.25, 0.3) is 0 Å². The first kappa shape index (κ1) is 17.2. The molecular formula is C19H27NO4. The van der Waals surface area contributed by atoms with Crippen molar-refractivity contribution in [1.82, 2.24) is 4.90 Å². The van der Waals surface area contributed by atoms with Gasteiger partial charge in [-0.25, -0.2) is 0 Å². The van der Waals surface area contributed by atoms with Crippen LogP contribution < -0.4 is 4.74 Å². The third-order valence-corrected chi connectivity index (χ3v) is 5.22. The number of aryl methyl sites for hydroxylation is 1. The SMILES string of the molecule is CO[C@@]1(COc2ccccc2C)CCN(C(=O)C2CCOCC2)C1. The van der Waals surface area contributed by atoms with Gasteiger partial charge in [0.2, 0.25) is 5.91 Å². The minimum absolute atomic E-state index is 0.101. The highest BCUT2D eigenvalue weighted by molar-refractivity contribution is 5.79. The van der Waals surface area contributed by atoms with Crippen molar-refractivity contribution < 1.29 is 19.0 Å². The Morgan fingerprint density at radius 2 is 2.08 bits per heavy atom. The van der Waals surface area contributed by atoms with Crippen molar-refractivity contribution >= 4 is 5.91 Å². The van der Waals surface area contributed by atoms with Crippen LogP contribution in [0.1, 0.15) is 24.8 Å². The summed E-state index contributed by atoms with van der Waals surface area (Å²) < 4.78 is 17.1. The second kappa shape index (κ2) is 7.53. The van der Waals surface area contributed by atoms with E-state index in [1.165, 1.54) is 0 Å². The topological polar surface area (TPSA) is 48.0 Å². The van der Waals surface area contributed by atoms with Gasteiger partial charge < -0.3 is 19.1 Å². The number of carbonyl (C=O) groups excluding carboxylic acids is 1. The first-order valence-electron chi connectivity index (χ1n) is 8.74. The maximum Gasteiger partial charge on any atom is 0.225 e. The number of amides is 1. The van der Waals surface area contributed by atoms with Crippen molar-refractivity contribution in [2.24, 2.45) is 5.92 Å². The Labute approximate surface area is 143 Å². The van der Waals surface area contributed by atoms with Crippen LogP contribution in [0.5, 0.6) is 5.75 Å². The molecule has 2 aliphatic rings. The average Bonchev–Trinajstić information content (AvgIpc) is 3.06. The molecule has 1 aromatic carbocycles. The normalized spacial score (nSPS) is 25.0. The van der Waals surface area contributed by atoms with Gasteiger partial charge in [-0.2, -0.15) is 0 Å². The number of methoxy groups -OCH3 is 1. The molecule has 2 heterocycles. The fraction of sp³-hybridized carbons (Fsp3) is 0.632. The Bertz CT molecular complexity index is 570. The quantitative estimate of drug-likeness (QED) is 0.830. The van der Waals surface area contributed by atoms with Gasteiger partial charge in [-0.15, -0.1) is 0 Å². The standard InChI is InChI=1S/C19H27NO4/c1-15-5-3-4-6-17(15)24-14-19(22-2)9-10-20(13-19)18(21)16-7-11-23-12-8-16/h3-6,16H,7-14H2,1-2H3/t19-/m0/s1. The number of ether oxygens (including phenoxy) is 3. The van der Waals surface area contributed by atoms with Crippen molar-refractivity contribution in [2.45, 2.75) is 31.8 Å². The number of likely N-dealkylation sites (tertiary alicyclic amines) is 1. The summed E-state index contributed by atoms with van der Waals surface area (Å²) in [5.74, 6) is 1.22. The van der Waals surface area contributed by atoms with E-state index in [0.717, 1.165) is 37.1 Å². The first-order chi connectivity index (χ1) is 11.6. The summed E-state index contributed by atoms with van der Waals surface area (Å²) in [5, 5.41) is 0. The number of hydrogen-bond donors (Lipinski definition) is 0. The Kier molecular flexibility index (Phi) is 5.41. The van der Waals surface area contributed by atoms with Crippen molar-refractivity contribution in [3.8, 4) is 5.75 Å². The molecule has 5 heteroatoms. The lowest BCUT2D eigenvalue weighted by Crippen LogP contribution is -2.44. The molecule has 0 unspecified atom stereocenters. The monoisotopic (exact) mass is 333 g/mol.